The second kappa shape index (κ2) is 14.8. The highest BCUT2D eigenvalue weighted by atomic mass is 35.5. The second-order valence-corrected chi connectivity index (χ2v) is 8.25. The Hall–Kier alpha value is -0.320. The normalized spacial score (nSPS) is 11.0. The number of rotatable bonds is 15. The van der Waals surface area contributed by atoms with E-state index in [1.54, 1.807) is 0 Å². The lowest BCUT2D eigenvalue weighted by molar-refractivity contribution is 0.0492. The molecule has 1 heterocycles. The van der Waals surface area contributed by atoms with Crippen molar-refractivity contribution in [3.8, 4) is 0 Å². The molecule has 0 saturated carbocycles. The number of unbranched alkanes of at least 4 members (excludes halogenated alkanes) is 12. The largest absolute Gasteiger partial charge is 0.461 e. The molecule has 1 aromatic rings. The van der Waals surface area contributed by atoms with E-state index in [-0.39, 0.29) is 10.7 Å². The van der Waals surface area contributed by atoms with Gasteiger partial charge >= 0.3 is 5.97 Å². The van der Waals surface area contributed by atoms with E-state index >= 15 is 0 Å². The first-order chi connectivity index (χ1) is 12.2. The van der Waals surface area contributed by atoms with Crippen molar-refractivity contribution in [2.75, 3.05) is 6.61 Å². The molecule has 0 radical (unpaired) electrons. The summed E-state index contributed by atoms with van der Waals surface area (Å²) >= 11 is 12.7. The van der Waals surface area contributed by atoms with Gasteiger partial charge < -0.3 is 4.74 Å². The number of nitrogens with zero attached hydrogens (tertiary/aromatic N) is 1. The van der Waals surface area contributed by atoms with Gasteiger partial charge in [-0.25, -0.2) is 4.79 Å². The molecule has 0 saturated heterocycles. The molecule has 144 valence electrons. The van der Waals surface area contributed by atoms with Crippen LogP contribution in [0.25, 0.3) is 0 Å². The van der Waals surface area contributed by atoms with Gasteiger partial charge in [-0.05, 0) is 18.0 Å². The monoisotopic (exact) mass is 407 g/mol. The molecule has 0 N–H and O–H groups in total. The summed E-state index contributed by atoms with van der Waals surface area (Å²) in [6, 6.07) is 0. The molecule has 1 aromatic heterocycles. The molecule has 0 atom stereocenters. The average molecular weight is 408 g/mol. The standard InChI is InChI=1S/C19H31Cl2NO2S/c1-2-3-4-5-6-7-8-9-10-11-12-13-14-15-24-19(23)17-16(20)18(21)25-22-17/h2-15H2,1H3. The summed E-state index contributed by atoms with van der Waals surface area (Å²) in [6.07, 6.45) is 16.8. The third-order valence-electron chi connectivity index (χ3n) is 4.27. The Kier molecular flexibility index (Phi) is 13.5. The Bertz CT molecular complexity index is 480. The molecule has 0 unspecified atom stereocenters. The molecule has 0 spiro atoms. The van der Waals surface area contributed by atoms with Gasteiger partial charge in [-0.15, -0.1) is 0 Å². The first-order valence-electron chi connectivity index (χ1n) is 9.64. The lowest BCUT2D eigenvalue weighted by Gasteiger charge is -2.04. The maximum Gasteiger partial charge on any atom is 0.359 e. The SMILES string of the molecule is CCCCCCCCCCCCCCCOC(=O)c1nsc(Cl)c1Cl. The number of aromatic nitrogens is 1. The van der Waals surface area contributed by atoms with Gasteiger partial charge in [-0.1, -0.05) is 107 Å². The van der Waals surface area contributed by atoms with E-state index in [0.29, 0.717) is 10.9 Å². The van der Waals surface area contributed by atoms with Gasteiger partial charge in [-0.2, -0.15) is 4.37 Å². The molecule has 0 aliphatic heterocycles. The van der Waals surface area contributed by atoms with Crippen LogP contribution in [0.15, 0.2) is 0 Å². The summed E-state index contributed by atoms with van der Waals surface area (Å²) in [5.74, 6) is -0.480. The van der Waals surface area contributed by atoms with Crippen molar-refractivity contribution in [1.29, 1.82) is 0 Å². The topological polar surface area (TPSA) is 39.2 Å². The Labute approximate surface area is 166 Å². The van der Waals surface area contributed by atoms with Gasteiger partial charge in [-0.3, -0.25) is 0 Å². The maximum atomic E-state index is 11.8. The molecule has 0 aliphatic rings. The molecular formula is C19H31Cl2NO2S. The molecule has 25 heavy (non-hydrogen) atoms. The van der Waals surface area contributed by atoms with Gasteiger partial charge in [0.25, 0.3) is 0 Å². The predicted octanol–water partition coefficient (Wildman–Crippen LogP) is 7.70. The van der Waals surface area contributed by atoms with Gasteiger partial charge in [0, 0.05) is 0 Å². The van der Waals surface area contributed by atoms with Gasteiger partial charge in [0.15, 0.2) is 5.69 Å². The van der Waals surface area contributed by atoms with Crippen LogP contribution in [0, 0.1) is 0 Å². The van der Waals surface area contributed by atoms with Crippen LogP contribution in [-0.4, -0.2) is 16.9 Å². The molecule has 1 rings (SSSR count). The zero-order valence-electron chi connectivity index (χ0n) is 15.3. The van der Waals surface area contributed by atoms with E-state index in [4.69, 9.17) is 27.9 Å². The van der Waals surface area contributed by atoms with Crippen LogP contribution in [0.1, 0.15) is 101 Å². The molecule has 0 amide bonds. The first kappa shape index (κ1) is 22.7. The van der Waals surface area contributed by atoms with Crippen molar-refractivity contribution in [3.05, 3.63) is 15.1 Å². The lowest BCUT2D eigenvalue weighted by atomic mass is 10.0. The highest BCUT2D eigenvalue weighted by molar-refractivity contribution is 7.11. The summed E-state index contributed by atoms with van der Waals surface area (Å²) in [5, 5.41) is 0.196. The molecular weight excluding hydrogens is 377 g/mol. The molecule has 0 aliphatic carbocycles. The minimum absolute atomic E-state index is 0.131. The van der Waals surface area contributed by atoms with E-state index < -0.39 is 5.97 Å². The Morgan fingerprint density at radius 2 is 1.36 bits per heavy atom. The lowest BCUT2D eigenvalue weighted by Crippen LogP contribution is -2.07. The predicted molar refractivity (Wildman–Crippen MR) is 108 cm³/mol. The molecule has 0 bridgehead atoms. The zero-order valence-corrected chi connectivity index (χ0v) is 17.7. The van der Waals surface area contributed by atoms with Crippen molar-refractivity contribution in [2.24, 2.45) is 0 Å². The smallest absolute Gasteiger partial charge is 0.359 e. The minimum atomic E-state index is -0.480. The Morgan fingerprint density at radius 3 is 1.80 bits per heavy atom. The molecule has 0 fully saturated rings. The van der Waals surface area contributed by atoms with Gasteiger partial charge in [0.1, 0.15) is 9.36 Å². The van der Waals surface area contributed by atoms with Crippen LogP contribution in [0.4, 0.5) is 0 Å². The number of hydrogen-bond acceptors (Lipinski definition) is 4. The fourth-order valence-electron chi connectivity index (χ4n) is 2.74. The number of esters is 1. The van der Waals surface area contributed by atoms with E-state index in [2.05, 4.69) is 11.3 Å². The second-order valence-electron chi connectivity index (χ2n) is 6.50. The van der Waals surface area contributed by atoms with Crippen LogP contribution in [0.3, 0.4) is 0 Å². The highest BCUT2D eigenvalue weighted by Gasteiger charge is 2.18. The maximum absolute atomic E-state index is 11.8. The Morgan fingerprint density at radius 1 is 0.880 bits per heavy atom. The highest BCUT2D eigenvalue weighted by Crippen LogP contribution is 2.29. The zero-order chi connectivity index (χ0) is 18.3. The van der Waals surface area contributed by atoms with Gasteiger partial charge in [0.05, 0.1) is 6.61 Å². The van der Waals surface area contributed by atoms with Crippen LogP contribution in [-0.2, 0) is 4.74 Å². The fourth-order valence-corrected chi connectivity index (χ4v) is 3.72. The van der Waals surface area contributed by atoms with Crippen LogP contribution >= 0.6 is 34.7 Å². The Balaban J connectivity index is 1.86. The van der Waals surface area contributed by atoms with E-state index in [1.165, 1.54) is 70.6 Å². The van der Waals surface area contributed by atoms with E-state index in [0.717, 1.165) is 24.4 Å². The van der Waals surface area contributed by atoms with Crippen molar-refractivity contribution < 1.29 is 9.53 Å². The third-order valence-corrected chi connectivity index (χ3v) is 5.88. The molecule has 6 heteroatoms. The molecule has 3 nitrogen and oxygen atoms in total. The van der Waals surface area contributed by atoms with Crippen LogP contribution in [0.2, 0.25) is 9.36 Å². The van der Waals surface area contributed by atoms with Crippen molar-refractivity contribution in [1.82, 2.24) is 4.37 Å². The van der Waals surface area contributed by atoms with Crippen molar-refractivity contribution in [3.63, 3.8) is 0 Å². The average Bonchev–Trinajstić information content (AvgIpc) is 2.94. The van der Waals surface area contributed by atoms with E-state index in [1.807, 2.05) is 0 Å². The summed E-state index contributed by atoms with van der Waals surface area (Å²) in [7, 11) is 0. The van der Waals surface area contributed by atoms with Crippen molar-refractivity contribution in [2.45, 2.75) is 90.4 Å². The van der Waals surface area contributed by atoms with Crippen LogP contribution < -0.4 is 0 Å². The summed E-state index contributed by atoms with van der Waals surface area (Å²) in [6.45, 7) is 2.68. The van der Waals surface area contributed by atoms with E-state index in [9.17, 15) is 4.79 Å². The number of ether oxygens (including phenoxy) is 1. The fraction of sp³-hybridized carbons (Fsp3) is 0.789. The number of halogens is 2. The summed E-state index contributed by atoms with van der Waals surface area (Å²) in [5.41, 5.74) is 0.131. The number of hydrogen-bond donors (Lipinski definition) is 0. The van der Waals surface area contributed by atoms with Gasteiger partial charge in [0.2, 0.25) is 0 Å². The third kappa shape index (κ3) is 10.4. The summed E-state index contributed by atoms with van der Waals surface area (Å²) < 4.78 is 9.42. The number of carbonyl (C=O) groups excluding carboxylic acids is 1. The number of carbonyl (C=O) groups is 1. The first-order valence-corrected chi connectivity index (χ1v) is 11.2. The quantitative estimate of drug-likeness (QED) is 0.220. The molecule has 0 aromatic carbocycles. The summed E-state index contributed by atoms with van der Waals surface area (Å²) in [4.78, 5) is 11.8. The van der Waals surface area contributed by atoms with Crippen molar-refractivity contribution >= 4 is 40.7 Å². The minimum Gasteiger partial charge on any atom is -0.461 e. The van der Waals surface area contributed by atoms with Crippen LogP contribution in [0.5, 0.6) is 0 Å².